The minimum Gasteiger partial charge on any atom is -0.0917 e. The third-order valence-corrected chi connectivity index (χ3v) is 1.18. The zero-order chi connectivity index (χ0) is 10.2. The summed E-state index contributed by atoms with van der Waals surface area (Å²) in [5.41, 5.74) is 0. The van der Waals surface area contributed by atoms with E-state index in [1.165, 1.54) is 19.3 Å². The maximum absolute atomic E-state index is 2.21. The van der Waals surface area contributed by atoms with E-state index < -0.39 is 0 Å². The Bertz CT molecular complexity index is 51.1. The molecule has 0 atom stereocenters. The molecule has 0 bridgehead atoms. The number of hydrogen-bond acceptors (Lipinski definition) is 0. The van der Waals surface area contributed by atoms with Crippen molar-refractivity contribution in [1.82, 2.24) is 0 Å². The highest BCUT2D eigenvalue weighted by Crippen LogP contribution is 1.88. The van der Waals surface area contributed by atoms with Gasteiger partial charge < -0.3 is 0 Å². The molecule has 0 saturated carbocycles. The van der Waals surface area contributed by atoms with Crippen LogP contribution in [0.3, 0.4) is 0 Å². The number of rotatable bonds is 3. The second-order valence-corrected chi connectivity index (χ2v) is 2.33. The Morgan fingerprint density at radius 3 is 1.33 bits per heavy atom. The molecule has 0 aromatic rings. The van der Waals surface area contributed by atoms with Gasteiger partial charge in [0.15, 0.2) is 0 Å². The molecule has 0 aliphatic rings. The molecule has 0 rings (SSSR count). The molecule has 76 valence electrons. The van der Waals surface area contributed by atoms with Crippen molar-refractivity contribution < 1.29 is 0 Å². The van der Waals surface area contributed by atoms with Crippen LogP contribution in [0.2, 0.25) is 0 Å². The standard InChI is InChI=1S/C5H12.C5H10.C2H6/c2*1-3-5-4-2;1-2/h3-5H2,1-2H3;3,5H,4H2,1-2H3;1-2H3/b;5-3-;. The van der Waals surface area contributed by atoms with Gasteiger partial charge in [-0.05, 0) is 13.3 Å². The van der Waals surface area contributed by atoms with E-state index in [1.807, 2.05) is 20.8 Å². The summed E-state index contributed by atoms with van der Waals surface area (Å²) in [5, 5.41) is 0. The molecule has 0 aromatic carbocycles. The molecule has 0 aliphatic carbocycles. The number of unbranched alkanes of at least 4 members (excludes halogenated alkanes) is 2. The van der Waals surface area contributed by atoms with Crippen LogP contribution in [0.4, 0.5) is 0 Å². The summed E-state index contributed by atoms with van der Waals surface area (Å²) in [5.74, 6) is 0. The van der Waals surface area contributed by atoms with E-state index in [9.17, 15) is 0 Å². The van der Waals surface area contributed by atoms with Crippen molar-refractivity contribution in [3.8, 4) is 0 Å². The Morgan fingerprint density at radius 1 is 0.917 bits per heavy atom. The van der Waals surface area contributed by atoms with Crippen molar-refractivity contribution in [3.05, 3.63) is 12.2 Å². The Balaban J connectivity index is -0.000000112. The van der Waals surface area contributed by atoms with Crippen molar-refractivity contribution >= 4 is 0 Å². The fourth-order valence-electron chi connectivity index (χ4n) is 0.589. The molecule has 0 amide bonds. The molecule has 0 spiro atoms. The first kappa shape index (κ1) is 17.7. The third-order valence-electron chi connectivity index (χ3n) is 1.18. The number of hydrogen-bond donors (Lipinski definition) is 0. The van der Waals surface area contributed by atoms with Gasteiger partial charge in [-0.3, -0.25) is 0 Å². The van der Waals surface area contributed by atoms with E-state index in [2.05, 4.69) is 32.9 Å². The molecule has 0 aromatic heterocycles. The van der Waals surface area contributed by atoms with Gasteiger partial charge in [-0.1, -0.05) is 66.0 Å². The number of allylic oxidation sites excluding steroid dienone is 2. The first-order chi connectivity index (χ1) is 5.83. The van der Waals surface area contributed by atoms with Crippen LogP contribution in [0.1, 0.15) is 67.2 Å². The minimum absolute atomic E-state index is 1.16. The van der Waals surface area contributed by atoms with Crippen LogP contribution in [0.15, 0.2) is 12.2 Å². The maximum atomic E-state index is 2.21. The summed E-state index contributed by atoms with van der Waals surface area (Å²) in [6.45, 7) is 12.6. The van der Waals surface area contributed by atoms with Crippen molar-refractivity contribution in [2.75, 3.05) is 0 Å². The zero-order valence-electron chi connectivity index (χ0n) is 9.98. The fourth-order valence-corrected chi connectivity index (χ4v) is 0.589. The molecule has 0 saturated heterocycles. The Kier molecular flexibility index (Phi) is 45.7. The highest BCUT2D eigenvalue weighted by atomic mass is 13.7. The lowest BCUT2D eigenvalue weighted by atomic mass is 10.3. The Morgan fingerprint density at radius 2 is 1.33 bits per heavy atom. The van der Waals surface area contributed by atoms with Gasteiger partial charge in [0.1, 0.15) is 0 Å². The van der Waals surface area contributed by atoms with E-state index in [1.54, 1.807) is 0 Å². The normalized spacial score (nSPS) is 8.17. The van der Waals surface area contributed by atoms with Crippen molar-refractivity contribution in [2.24, 2.45) is 0 Å². The van der Waals surface area contributed by atoms with Crippen LogP contribution < -0.4 is 0 Å². The Hall–Kier alpha value is -0.260. The van der Waals surface area contributed by atoms with Crippen LogP contribution in [0.25, 0.3) is 0 Å². The van der Waals surface area contributed by atoms with Crippen LogP contribution in [0.5, 0.6) is 0 Å². The van der Waals surface area contributed by atoms with Crippen LogP contribution in [-0.2, 0) is 0 Å². The molecule has 0 aliphatic heterocycles. The summed E-state index contributed by atoms with van der Waals surface area (Å²) in [6, 6.07) is 0. The topological polar surface area (TPSA) is 0 Å². The van der Waals surface area contributed by atoms with Gasteiger partial charge in [0, 0.05) is 0 Å². The summed E-state index contributed by atoms with van der Waals surface area (Å²) in [4.78, 5) is 0. The second-order valence-electron chi connectivity index (χ2n) is 2.33. The van der Waals surface area contributed by atoms with Gasteiger partial charge in [-0.25, -0.2) is 0 Å². The molecule has 12 heavy (non-hydrogen) atoms. The van der Waals surface area contributed by atoms with E-state index in [0.29, 0.717) is 0 Å². The van der Waals surface area contributed by atoms with Gasteiger partial charge >= 0.3 is 0 Å². The van der Waals surface area contributed by atoms with Crippen LogP contribution in [-0.4, -0.2) is 0 Å². The monoisotopic (exact) mass is 172 g/mol. The van der Waals surface area contributed by atoms with E-state index in [0.717, 1.165) is 6.42 Å². The molecule has 0 heteroatoms. The maximum Gasteiger partial charge on any atom is -0.0379 e. The predicted molar refractivity (Wildman–Crippen MR) is 61.7 cm³/mol. The summed E-state index contributed by atoms with van der Waals surface area (Å²) in [6.07, 6.45) is 9.42. The fraction of sp³-hybridized carbons (Fsp3) is 0.833. The largest absolute Gasteiger partial charge is 0.0917 e. The molecule has 0 radical (unpaired) electrons. The first-order valence-electron chi connectivity index (χ1n) is 5.44. The Labute approximate surface area is 80.1 Å². The first-order valence-corrected chi connectivity index (χ1v) is 5.44. The predicted octanol–water partition coefficient (Wildman–Crippen LogP) is 5.20. The molecule has 0 unspecified atom stereocenters. The lowest BCUT2D eigenvalue weighted by Gasteiger charge is -1.79. The van der Waals surface area contributed by atoms with E-state index in [-0.39, 0.29) is 0 Å². The zero-order valence-corrected chi connectivity index (χ0v) is 9.98. The SMILES string of the molecule is C/C=C\CC.CC.CCCCC. The molecule has 0 N–H and O–H groups in total. The smallest absolute Gasteiger partial charge is 0.0379 e. The van der Waals surface area contributed by atoms with Crippen molar-refractivity contribution in [1.29, 1.82) is 0 Å². The highest BCUT2D eigenvalue weighted by molar-refractivity contribution is 4.73. The van der Waals surface area contributed by atoms with Gasteiger partial charge in [0.25, 0.3) is 0 Å². The van der Waals surface area contributed by atoms with Gasteiger partial charge in [0.2, 0.25) is 0 Å². The molecule has 0 heterocycles. The molecular formula is C12H28. The minimum atomic E-state index is 1.16. The van der Waals surface area contributed by atoms with Crippen molar-refractivity contribution in [2.45, 2.75) is 67.2 Å². The molecule has 0 nitrogen and oxygen atoms in total. The van der Waals surface area contributed by atoms with E-state index >= 15 is 0 Å². The molecular weight excluding hydrogens is 144 g/mol. The van der Waals surface area contributed by atoms with Crippen molar-refractivity contribution in [3.63, 3.8) is 0 Å². The molecule has 0 fully saturated rings. The van der Waals surface area contributed by atoms with E-state index in [4.69, 9.17) is 0 Å². The lowest BCUT2D eigenvalue weighted by Crippen LogP contribution is -1.59. The summed E-state index contributed by atoms with van der Waals surface area (Å²) in [7, 11) is 0. The average Bonchev–Trinajstić information content (AvgIpc) is 2.12. The second kappa shape index (κ2) is 30.9. The average molecular weight is 172 g/mol. The van der Waals surface area contributed by atoms with Gasteiger partial charge in [0.05, 0.1) is 0 Å². The quantitative estimate of drug-likeness (QED) is 0.514. The van der Waals surface area contributed by atoms with Gasteiger partial charge in [-0.2, -0.15) is 0 Å². The summed E-state index contributed by atoms with van der Waals surface area (Å²) >= 11 is 0. The highest BCUT2D eigenvalue weighted by Gasteiger charge is 1.68. The van der Waals surface area contributed by atoms with Crippen LogP contribution in [0, 0.1) is 0 Å². The third kappa shape index (κ3) is 53.2. The van der Waals surface area contributed by atoms with Crippen LogP contribution >= 0.6 is 0 Å². The summed E-state index contributed by atoms with van der Waals surface area (Å²) < 4.78 is 0. The van der Waals surface area contributed by atoms with Gasteiger partial charge in [-0.15, -0.1) is 0 Å². The lowest BCUT2D eigenvalue weighted by molar-refractivity contribution is 0.772.